The first kappa shape index (κ1) is 33.6. The molecule has 5 rings (SSSR count). The Morgan fingerprint density at radius 2 is 1.81 bits per heavy atom. The molecule has 1 aromatic carbocycles. The minimum absolute atomic E-state index is 0.00491. The van der Waals surface area contributed by atoms with Gasteiger partial charge in [-0.1, -0.05) is 19.9 Å². The van der Waals surface area contributed by atoms with E-state index >= 15 is 8.78 Å². The van der Waals surface area contributed by atoms with E-state index in [4.69, 9.17) is 0 Å². The summed E-state index contributed by atoms with van der Waals surface area (Å²) in [5.74, 6) is -6.43. The minimum Gasteiger partial charge on any atom is -0.507 e. The van der Waals surface area contributed by atoms with E-state index in [1.54, 1.807) is 32.6 Å². The van der Waals surface area contributed by atoms with Crippen LogP contribution in [-0.2, 0) is 6.42 Å². The number of aliphatic hydroxyl groups is 1. The van der Waals surface area contributed by atoms with E-state index in [1.807, 2.05) is 0 Å². The number of hydrogen-bond acceptors (Lipinski definition) is 8. The van der Waals surface area contributed by atoms with Gasteiger partial charge in [0.1, 0.15) is 29.7 Å². The molecule has 1 aliphatic rings. The fourth-order valence-electron chi connectivity index (χ4n) is 5.93. The number of pyridine rings is 2. The van der Waals surface area contributed by atoms with Crippen molar-refractivity contribution in [2.24, 2.45) is 0 Å². The summed E-state index contributed by atoms with van der Waals surface area (Å²) in [7, 11) is 0. The number of rotatable bonds is 8. The molecule has 2 atom stereocenters. The summed E-state index contributed by atoms with van der Waals surface area (Å²) in [5, 5.41) is 29.3. The fraction of sp³-hybridized carbons (Fsp3) is 0.406. The van der Waals surface area contributed by atoms with Gasteiger partial charge in [0.2, 0.25) is 0 Å². The second-order valence-corrected chi connectivity index (χ2v) is 12.0. The first-order valence-corrected chi connectivity index (χ1v) is 15.0. The Kier molecular flexibility index (Phi) is 9.13. The summed E-state index contributed by atoms with van der Waals surface area (Å²) >= 11 is 0. The van der Waals surface area contributed by atoms with Crippen molar-refractivity contribution in [2.75, 3.05) is 24.6 Å². The number of anilines is 1. The molecule has 250 valence electrons. The molecule has 0 aliphatic carbocycles. The molecule has 1 fully saturated rings. The summed E-state index contributed by atoms with van der Waals surface area (Å²) in [5.41, 5.74) is -1.69. The number of alkyl halides is 2. The van der Waals surface area contributed by atoms with Crippen LogP contribution in [0.5, 0.6) is 5.75 Å². The van der Waals surface area contributed by atoms with Crippen LogP contribution in [-0.4, -0.2) is 83.5 Å². The molecule has 0 bridgehead atoms. The van der Waals surface area contributed by atoms with Gasteiger partial charge in [-0.15, -0.1) is 0 Å². The fourth-order valence-corrected chi connectivity index (χ4v) is 5.93. The van der Waals surface area contributed by atoms with E-state index in [0.717, 1.165) is 22.8 Å². The van der Waals surface area contributed by atoms with Gasteiger partial charge in [0.25, 0.3) is 5.92 Å². The van der Waals surface area contributed by atoms with Crippen molar-refractivity contribution in [3.05, 3.63) is 69.9 Å². The zero-order chi connectivity index (χ0) is 34.4. The molecule has 0 spiro atoms. The van der Waals surface area contributed by atoms with Crippen LogP contribution in [0.2, 0.25) is 0 Å². The van der Waals surface area contributed by atoms with Crippen LogP contribution in [0.15, 0.2) is 41.3 Å². The summed E-state index contributed by atoms with van der Waals surface area (Å²) in [6, 6.07) is 4.78. The number of aryl methyl sites for hydroxylation is 1. The smallest absolute Gasteiger partial charge is 0.407 e. The second kappa shape index (κ2) is 12.8. The quantitative estimate of drug-likeness (QED) is 0.221. The van der Waals surface area contributed by atoms with Gasteiger partial charge in [0.15, 0.2) is 11.5 Å². The maximum Gasteiger partial charge on any atom is 0.407 e. The lowest BCUT2D eigenvalue weighted by Crippen LogP contribution is -2.58. The predicted octanol–water partition coefficient (Wildman–Crippen LogP) is 5.09. The highest BCUT2D eigenvalue weighted by Crippen LogP contribution is 2.37. The van der Waals surface area contributed by atoms with Gasteiger partial charge in [-0.2, -0.15) is 4.98 Å². The third-order valence-electron chi connectivity index (χ3n) is 8.33. The number of carboxylic acid groups (broad SMARTS) is 1. The average molecular weight is 659 g/mol. The molecular weight excluding hydrogens is 624 g/mol. The molecule has 47 heavy (non-hydrogen) atoms. The number of halogens is 4. The van der Waals surface area contributed by atoms with Crippen LogP contribution < -0.4 is 10.6 Å². The van der Waals surface area contributed by atoms with Crippen LogP contribution in [0.3, 0.4) is 0 Å². The Balaban J connectivity index is 1.86. The largest absolute Gasteiger partial charge is 0.507 e. The lowest BCUT2D eigenvalue weighted by molar-refractivity contribution is -0.0558. The number of fused-ring (bicyclic) bond motifs is 1. The highest BCUT2D eigenvalue weighted by Gasteiger charge is 2.35. The highest BCUT2D eigenvalue weighted by atomic mass is 19.3. The van der Waals surface area contributed by atoms with E-state index in [2.05, 4.69) is 15.0 Å². The molecule has 1 saturated heterocycles. The number of aromatic hydroxyl groups is 1. The molecule has 4 aromatic rings. The molecule has 15 heteroatoms. The third kappa shape index (κ3) is 6.31. The van der Waals surface area contributed by atoms with Crippen molar-refractivity contribution >= 4 is 22.9 Å². The van der Waals surface area contributed by atoms with Crippen molar-refractivity contribution < 1.29 is 37.7 Å². The molecule has 0 unspecified atom stereocenters. The molecule has 11 nitrogen and oxygen atoms in total. The number of phenols is 1. The molecule has 3 N–H and O–H groups in total. The van der Waals surface area contributed by atoms with Crippen molar-refractivity contribution in [2.45, 2.75) is 64.5 Å². The number of carbonyl (C=O) groups is 1. The Labute approximate surface area is 266 Å². The first-order chi connectivity index (χ1) is 22.1. The SMILES string of the molecule is CC(C)c1nccc(CCC(F)(F)CO)c1-n1c(=O)nc(N2C[C@@H](C)N(C(=O)O)C[C@@H]2C)c2cc(F)c(-c3c(O)cccc3F)nc21. The normalized spacial score (nSPS) is 17.1. The second-order valence-electron chi connectivity index (χ2n) is 12.0. The number of phenolic OH excluding ortho intramolecular Hbond substituents is 1. The van der Waals surface area contributed by atoms with Gasteiger partial charge in [-0.25, -0.2) is 36.7 Å². The van der Waals surface area contributed by atoms with Crippen molar-refractivity contribution in [1.29, 1.82) is 0 Å². The van der Waals surface area contributed by atoms with E-state index in [-0.39, 0.29) is 53.5 Å². The van der Waals surface area contributed by atoms with Crippen molar-refractivity contribution in [1.82, 2.24) is 24.4 Å². The predicted molar refractivity (Wildman–Crippen MR) is 165 cm³/mol. The zero-order valence-electron chi connectivity index (χ0n) is 26.1. The van der Waals surface area contributed by atoms with Gasteiger partial charge in [0.05, 0.1) is 22.3 Å². The van der Waals surface area contributed by atoms with Crippen molar-refractivity contribution in [3.63, 3.8) is 0 Å². The van der Waals surface area contributed by atoms with Gasteiger partial charge >= 0.3 is 11.8 Å². The van der Waals surface area contributed by atoms with Gasteiger partial charge in [0, 0.05) is 37.8 Å². The number of benzene rings is 1. The Morgan fingerprint density at radius 1 is 1.09 bits per heavy atom. The standard InChI is InChI=1S/C32H34F4N6O5/c1-16(2)25-27(19(9-11-37-25)8-10-32(35,36)15-43)42-29-20(12-22(34)26(38-29)24-21(33)6-5-7-23(24)44)28(39-30(42)45)40-13-18(4)41(31(46)47)14-17(40)3/h5-7,9,11-12,16-18,43-44H,8,10,13-15H2,1-4H3,(H,46,47)/t17-,18+/m0/s1. The Hall–Kier alpha value is -4.79. The summed E-state index contributed by atoms with van der Waals surface area (Å²) in [4.78, 5) is 42.0. The number of aliphatic hydroxyl groups excluding tert-OH is 1. The third-order valence-corrected chi connectivity index (χ3v) is 8.33. The molecule has 1 aliphatic heterocycles. The summed E-state index contributed by atoms with van der Waals surface area (Å²) in [6.07, 6.45) is -0.789. The lowest BCUT2D eigenvalue weighted by Gasteiger charge is -2.43. The Bertz CT molecular complexity index is 1880. The van der Waals surface area contributed by atoms with Crippen LogP contribution in [0, 0.1) is 11.6 Å². The number of amides is 1. The van der Waals surface area contributed by atoms with Gasteiger partial charge in [-0.3, -0.25) is 4.98 Å². The Morgan fingerprint density at radius 3 is 2.45 bits per heavy atom. The topological polar surface area (TPSA) is 145 Å². The van der Waals surface area contributed by atoms with Crippen LogP contribution in [0.1, 0.15) is 51.3 Å². The molecule has 1 amide bonds. The summed E-state index contributed by atoms with van der Waals surface area (Å²) < 4.78 is 60.5. The number of hydrogen-bond donors (Lipinski definition) is 3. The number of nitrogens with zero attached hydrogens (tertiary/aromatic N) is 6. The number of piperazine rings is 1. The molecule has 4 heterocycles. The minimum atomic E-state index is -3.42. The molecule has 0 radical (unpaired) electrons. The zero-order valence-corrected chi connectivity index (χ0v) is 26.1. The molecule has 3 aromatic heterocycles. The maximum absolute atomic E-state index is 16.0. The van der Waals surface area contributed by atoms with E-state index in [1.165, 1.54) is 23.2 Å². The summed E-state index contributed by atoms with van der Waals surface area (Å²) in [6.45, 7) is 5.68. The van der Waals surface area contributed by atoms with Crippen LogP contribution in [0.25, 0.3) is 28.0 Å². The van der Waals surface area contributed by atoms with Gasteiger partial charge < -0.3 is 25.1 Å². The average Bonchev–Trinajstić information content (AvgIpc) is 3.01. The maximum atomic E-state index is 16.0. The number of aromatic nitrogens is 4. The van der Waals surface area contributed by atoms with Gasteiger partial charge in [-0.05, 0) is 56.0 Å². The van der Waals surface area contributed by atoms with E-state index in [9.17, 15) is 33.7 Å². The molecule has 0 saturated carbocycles. The lowest BCUT2D eigenvalue weighted by atomic mass is 9.99. The van der Waals surface area contributed by atoms with Crippen molar-refractivity contribution in [3.8, 4) is 22.7 Å². The van der Waals surface area contributed by atoms with Crippen LogP contribution >= 0.6 is 0 Å². The van der Waals surface area contributed by atoms with E-state index in [0.29, 0.717) is 5.69 Å². The molecular formula is C32H34F4N6O5. The van der Waals surface area contributed by atoms with Crippen LogP contribution in [0.4, 0.5) is 28.2 Å². The monoisotopic (exact) mass is 658 g/mol. The highest BCUT2D eigenvalue weighted by molar-refractivity contribution is 5.91. The van der Waals surface area contributed by atoms with E-state index < -0.39 is 71.5 Å². The first-order valence-electron chi connectivity index (χ1n) is 15.0.